The van der Waals surface area contributed by atoms with E-state index >= 15 is 0 Å². The van der Waals surface area contributed by atoms with Gasteiger partial charge >= 0.3 is 0 Å². The largest absolute Gasteiger partial charge is 0.396 e. The number of hydrogen-bond acceptors (Lipinski definition) is 3. The molecule has 0 saturated heterocycles. The van der Waals surface area contributed by atoms with Crippen LogP contribution in [0.25, 0.3) is 0 Å². The molecule has 2 N–H and O–H groups in total. The molecule has 0 aliphatic carbocycles. The molecule has 1 atom stereocenters. The molecule has 0 aromatic heterocycles. The monoisotopic (exact) mass is 128 g/mol. The van der Waals surface area contributed by atoms with Crippen molar-refractivity contribution >= 4 is 0 Å². The Kier molecular flexibility index (Phi) is 4.94. The summed E-state index contributed by atoms with van der Waals surface area (Å²) in [6.07, 6.45) is 3.38. The smallest absolute Gasteiger partial charge is 0.176 e. The summed E-state index contributed by atoms with van der Waals surface area (Å²) in [5.41, 5.74) is 0. The third-order valence-electron chi connectivity index (χ3n) is 1.24. The minimum Gasteiger partial charge on any atom is -0.396 e. The molecule has 0 saturated carbocycles. The first kappa shape index (κ1) is 8.25. The van der Waals surface area contributed by atoms with Crippen LogP contribution in [0.5, 0.6) is 0 Å². The number of aliphatic hydroxyl groups is 1. The zero-order valence-electron chi connectivity index (χ0n) is 5.59. The van der Waals surface area contributed by atoms with Crippen molar-refractivity contribution in [1.29, 1.82) is 5.26 Å². The average Bonchev–Trinajstić information content (AvgIpc) is 1.88. The van der Waals surface area contributed by atoms with Gasteiger partial charge in [0, 0.05) is 12.6 Å². The minimum absolute atomic E-state index is 0.146. The summed E-state index contributed by atoms with van der Waals surface area (Å²) in [7, 11) is 0. The molecule has 52 valence electrons. The Morgan fingerprint density at radius 3 is 2.78 bits per heavy atom. The lowest BCUT2D eigenvalue weighted by Crippen LogP contribution is -2.24. The molecule has 0 fully saturated rings. The molecule has 0 heterocycles. The number of hydrogen-bond donors (Lipinski definition) is 2. The number of nitrogens with zero attached hydrogens (tertiary/aromatic N) is 1. The quantitative estimate of drug-likeness (QED) is 0.420. The van der Waals surface area contributed by atoms with Gasteiger partial charge in [0.1, 0.15) is 0 Å². The number of nitriles is 1. The highest BCUT2D eigenvalue weighted by atomic mass is 16.3. The Balaban J connectivity index is 3.32. The highest BCUT2D eigenvalue weighted by Gasteiger charge is 2.00. The van der Waals surface area contributed by atoms with Crippen molar-refractivity contribution in [3.63, 3.8) is 0 Å². The van der Waals surface area contributed by atoms with Gasteiger partial charge in [0.2, 0.25) is 0 Å². The third-order valence-corrected chi connectivity index (χ3v) is 1.24. The second-order valence-electron chi connectivity index (χ2n) is 1.87. The summed E-state index contributed by atoms with van der Waals surface area (Å²) in [6.45, 7) is 2.12. The Bertz CT molecular complexity index is 97.7. The SMILES string of the molecule is CCC(CCO)NC#N. The molecule has 0 spiro atoms. The Morgan fingerprint density at radius 2 is 2.44 bits per heavy atom. The van der Waals surface area contributed by atoms with Crippen molar-refractivity contribution in [3.05, 3.63) is 0 Å². The first-order chi connectivity index (χ1) is 4.35. The van der Waals surface area contributed by atoms with E-state index in [1.807, 2.05) is 13.1 Å². The summed E-state index contributed by atoms with van der Waals surface area (Å²) < 4.78 is 0. The maximum Gasteiger partial charge on any atom is 0.176 e. The molecule has 0 aromatic rings. The van der Waals surface area contributed by atoms with Crippen molar-refractivity contribution in [2.24, 2.45) is 0 Å². The number of nitrogens with one attached hydrogen (secondary N) is 1. The summed E-state index contributed by atoms with van der Waals surface area (Å²) in [4.78, 5) is 0. The second kappa shape index (κ2) is 5.39. The fraction of sp³-hybridized carbons (Fsp3) is 0.833. The van der Waals surface area contributed by atoms with Gasteiger partial charge in [0.15, 0.2) is 6.19 Å². The van der Waals surface area contributed by atoms with E-state index in [0.717, 1.165) is 6.42 Å². The zero-order valence-corrected chi connectivity index (χ0v) is 5.59. The van der Waals surface area contributed by atoms with Gasteiger partial charge < -0.3 is 10.4 Å². The van der Waals surface area contributed by atoms with Gasteiger partial charge in [-0.15, -0.1) is 0 Å². The molecule has 0 aliphatic rings. The molecular formula is C6H12N2O. The van der Waals surface area contributed by atoms with Crippen LogP contribution in [0, 0.1) is 11.5 Å². The molecule has 3 nitrogen and oxygen atoms in total. The van der Waals surface area contributed by atoms with E-state index in [4.69, 9.17) is 10.4 Å². The van der Waals surface area contributed by atoms with E-state index in [0.29, 0.717) is 6.42 Å². The van der Waals surface area contributed by atoms with E-state index in [2.05, 4.69) is 5.32 Å². The molecule has 0 radical (unpaired) electrons. The second-order valence-corrected chi connectivity index (χ2v) is 1.87. The van der Waals surface area contributed by atoms with E-state index in [9.17, 15) is 0 Å². The van der Waals surface area contributed by atoms with Crippen LogP contribution in [0.1, 0.15) is 19.8 Å². The first-order valence-corrected chi connectivity index (χ1v) is 3.10. The molecule has 3 heteroatoms. The third kappa shape index (κ3) is 3.80. The van der Waals surface area contributed by atoms with Gasteiger partial charge in [-0.2, -0.15) is 5.26 Å². The van der Waals surface area contributed by atoms with Crippen LogP contribution in [0.15, 0.2) is 0 Å². The maximum atomic E-state index is 8.44. The molecular weight excluding hydrogens is 116 g/mol. The van der Waals surface area contributed by atoms with Crippen LogP contribution in [-0.4, -0.2) is 17.8 Å². The normalized spacial score (nSPS) is 12.1. The number of aliphatic hydroxyl groups excluding tert-OH is 1. The van der Waals surface area contributed by atoms with Gasteiger partial charge in [-0.25, -0.2) is 0 Å². The summed E-state index contributed by atoms with van der Waals surface area (Å²) in [5, 5.41) is 19.2. The molecule has 9 heavy (non-hydrogen) atoms. The van der Waals surface area contributed by atoms with Crippen molar-refractivity contribution in [3.8, 4) is 6.19 Å². The van der Waals surface area contributed by atoms with Crippen molar-refractivity contribution < 1.29 is 5.11 Å². The molecule has 0 rings (SSSR count). The van der Waals surface area contributed by atoms with E-state index in [1.54, 1.807) is 0 Å². The Labute approximate surface area is 55.3 Å². The van der Waals surface area contributed by atoms with Gasteiger partial charge in [-0.1, -0.05) is 6.92 Å². The lowest BCUT2D eigenvalue weighted by atomic mass is 10.2. The lowest BCUT2D eigenvalue weighted by Gasteiger charge is -2.08. The van der Waals surface area contributed by atoms with Gasteiger partial charge in [0.25, 0.3) is 0 Å². The standard InChI is InChI=1S/C6H12N2O/c1-2-6(3-4-9)8-5-7/h6,8-9H,2-4H2,1H3. The van der Waals surface area contributed by atoms with Gasteiger partial charge in [-0.3, -0.25) is 0 Å². The van der Waals surface area contributed by atoms with Gasteiger partial charge in [-0.05, 0) is 12.8 Å². The molecule has 0 aliphatic heterocycles. The number of rotatable bonds is 4. The first-order valence-electron chi connectivity index (χ1n) is 3.10. The predicted octanol–water partition coefficient (Wildman–Crippen LogP) is 0.218. The molecule has 1 unspecified atom stereocenters. The summed E-state index contributed by atoms with van der Waals surface area (Å²) in [5.74, 6) is 0. The Hall–Kier alpha value is -0.750. The highest BCUT2D eigenvalue weighted by Crippen LogP contribution is 1.93. The van der Waals surface area contributed by atoms with E-state index in [1.165, 1.54) is 0 Å². The van der Waals surface area contributed by atoms with Crippen molar-refractivity contribution in [2.45, 2.75) is 25.8 Å². The van der Waals surface area contributed by atoms with Crippen LogP contribution >= 0.6 is 0 Å². The van der Waals surface area contributed by atoms with E-state index in [-0.39, 0.29) is 12.6 Å². The fourth-order valence-electron chi connectivity index (χ4n) is 0.625. The van der Waals surface area contributed by atoms with Gasteiger partial charge in [0.05, 0.1) is 0 Å². The van der Waals surface area contributed by atoms with Crippen LogP contribution in [0.3, 0.4) is 0 Å². The minimum atomic E-state index is 0.146. The fourth-order valence-corrected chi connectivity index (χ4v) is 0.625. The lowest BCUT2D eigenvalue weighted by molar-refractivity contribution is 0.268. The van der Waals surface area contributed by atoms with Crippen LogP contribution < -0.4 is 5.32 Å². The molecule has 0 bridgehead atoms. The van der Waals surface area contributed by atoms with Crippen molar-refractivity contribution in [2.75, 3.05) is 6.61 Å². The maximum absolute atomic E-state index is 8.44. The summed E-state index contributed by atoms with van der Waals surface area (Å²) >= 11 is 0. The Morgan fingerprint density at radius 1 is 1.78 bits per heavy atom. The van der Waals surface area contributed by atoms with Crippen LogP contribution in [0.2, 0.25) is 0 Å². The van der Waals surface area contributed by atoms with Crippen LogP contribution in [0.4, 0.5) is 0 Å². The zero-order chi connectivity index (χ0) is 7.11. The topological polar surface area (TPSA) is 56.0 Å². The highest BCUT2D eigenvalue weighted by molar-refractivity contribution is 4.74. The molecule has 0 amide bonds. The average molecular weight is 128 g/mol. The van der Waals surface area contributed by atoms with Crippen LogP contribution in [-0.2, 0) is 0 Å². The van der Waals surface area contributed by atoms with Crippen molar-refractivity contribution in [1.82, 2.24) is 5.32 Å². The summed E-state index contributed by atoms with van der Waals surface area (Å²) in [6, 6.07) is 0.153. The molecule has 0 aromatic carbocycles. The van der Waals surface area contributed by atoms with E-state index < -0.39 is 0 Å². The predicted molar refractivity (Wildman–Crippen MR) is 34.5 cm³/mol.